The second-order valence-corrected chi connectivity index (χ2v) is 5.60. The third kappa shape index (κ3) is 3.08. The molecule has 0 atom stereocenters. The van der Waals surface area contributed by atoms with Gasteiger partial charge >= 0.3 is 18.2 Å². The van der Waals surface area contributed by atoms with Crippen molar-refractivity contribution >= 4 is 17.7 Å². The number of benzene rings is 1. The molecule has 4 amide bonds. The Morgan fingerprint density at radius 3 is 2.58 bits per heavy atom. The summed E-state index contributed by atoms with van der Waals surface area (Å²) >= 11 is 0. The van der Waals surface area contributed by atoms with Crippen molar-refractivity contribution in [3.05, 3.63) is 29.6 Å². The number of anilines is 1. The SMILES string of the molecule is O=C(Nc1ccc(F)cc1C(F)(F)F)N1CC(N2CCNC2=O)C1. The van der Waals surface area contributed by atoms with Crippen LogP contribution in [0.4, 0.5) is 32.8 Å². The molecular weight excluding hydrogens is 332 g/mol. The van der Waals surface area contributed by atoms with E-state index in [1.165, 1.54) is 4.90 Å². The number of nitrogens with one attached hydrogen (secondary N) is 2. The first-order valence-corrected chi connectivity index (χ1v) is 7.23. The molecule has 0 saturated carbocycles. The number of carbonyl (C=O) groups excluding carboxylic acids is 2. The minimum atomic E-state index is -4.78. The maximum atomic E-state index is 13.0. The van der Waals surface area contributed by atoms with Crippen molar-refractivity contribution < 1.29 is 27.2 Å². The van der Waals surface area contributed by atoms with E-state index in [4.69, 9.17) is 0 Å². The molecule has 3 rings (SSSR count). The second-order valence-electron chi connectivity index (χ2n) is 5.60. The summed E-state index contributed by atoms with van der Waals surface area (Å²) < 4.78 is 51.8. The molecule has 10 heteroatoms. The van der Waals surface area contributed by atoms with E-state index in [0.29, 0.717) is 19.2 Å². The highest BCUT2D eigenvalue weighted by Gasteiger charge is 2.40. The maximum Gasteiger partial charge on any atom is 0.418 e. The quantitative estimate of drug-likeness (QED) is 0.806. The summed E-state index contributed by atoms with van der Waals surface area (Å²) in [4.78, 5) is 26.4. The number of alkyl halides is 3. The molecule has 0 spiro atoms. The first kappa shape index (κ1) is 16.3. The Bertz CT molecular complexity index is 673. The van der Waals surface area contributed by atoms with Gasteiger partial charge in [0, 0.05) is 26.2 Å². The fraction of sp³-hybridized carbons (Fsp3) is 0.429. The standard InChI is InChI=1S/C14H14F4N4O2/c15-8-1-2-11(10(5-8)14(16,17)18)20-13(24)21-6-9(7-21)22-4-3-19-12(22)23/h1-2,5,9H,3-4,6-7H2,(H,19,23)(H,20,24). The van der Waals surface area contributed by atoms with Crippen molar-refractivity contribution in [3.63, 3.8) is 0 Å². The van der Waals surface area contributed by atoms with Gasteiger partial charge in [0.05, 0.1) is 17.3 Å². The molecule has 1 aromatic rings. The molecule has 2 saturated heterocycles. The van der Waals surface area contributed by atoms with Crippen LogP contribution in [0.25, 0.3) is 0 Å². The van der Waals surface area contributed by atoms with Crippen molar-refractivity contribution in [2.75, 3.05) is 31.5 Å². The van der Waals surface area contributed by atoms with E-state index in [-0.39, 0.29) is 25.2 Å². The first-order chi connectivity index (χ1) is 11.3. The van der Waals surface area contributed by atoms with E-state index in [2.05, 4.69) is 10.6 Å². The summed E-state index contributed by atoms with van der Waals surface area (Å²) in [5.74, 6) is -1.04. The summed E-state index contributed by atoms with van der Waals surface area (Å²) in [6, 6.07) is 0.984. The fourth-order valence-corrected chi connectivity index (χ4v) is 2.71. The number of carbonyl (C=O) groups is 2. The Kier molecular flexibility index (Phi) is 3.98. The zero-order chi connectivity index (χ0) is 17.5. The topological polar surface area (TPSA) is 64.7 Å². The normalized spacial score (nSPS) is 18.4. The molecule has 130 valence electrons. The number of urea groups is 2. The molecule has 0 aliphatic carbocycles. The highest BCUT2D eigenvalue weighted by molar-refractivity contribution is 5.91. The van der Waals surface area contributed by atoms with Crippen molar-refractivity contribution in [1.82, 2.24) is 15.1 Å². The van der Waals surface area contributed by atoms with Gasteiger partial charge in [-0.05, 0) is 18.2 Å². The Hall–Kier alpha value is -2.52. The zero-order valence-corrected chi connectivity index (χ0v) is 12.4. The van der Waals surface area contributed by atoms with Gasteiger partial charge in [-0.1, -0.05) is 0 Å². The van der Waals surface area contributed by atoms with Crippen LogP contribution < -0.4 is 10.6 Å². The van der Waals surface area contributed by atoms with Gasteiger partial charge in [-0.25, -0.2) is 14.0 Å². The van der Waals surface area contributed by atoms with Gasteiger partial charge < -0.3 is 20.4 Å². The molecule has 2 heterocycles. The van der Waals surface area contributed by atoms with Crippen LogP contribution in [0, 0.1) is 5.82 Å². The molecule has 6 nitrogen and oxygen atoms in total. The molecule has 2 aliphatic rings. The summed E-state index contributed by atoms with van der Waals surface area (Å²) in [7, 11) is 0. The van der Waals surface area contributed by atoms with Crippen molar-refractivity contribution in [2.24, 2.45) is 0 Å². The zero-order valence-electron chi connectivity index (χ0n) is 12.4. The number of likely N-dealkylation sites (tertiary alicyclic amines) is 1. The van der Waals surface area contributed by atoms with Crippen molar-refractivity contribution in [3.8, 4) is 0 Å². The molecular formula is C14H14F4N4O2. The summed E-state index contributed by atoms with van der Waals surface area (Å²) in [6.45, 7) is 1.55. The lowest BCUT2D eigenvalue weighted by molar-refractivity contribution is -0.137. The van der Waals surface area contributed by atoms with E-state index >= 15 is 0 Å². The maximum absolute atomic E-state index is 13.0. The molecule has 2 N–H and O–H groups in total. The van der Waals surface area contributed by atoms with Gasteiger partial charge in [0.15, 0.2) is 0 Å². The van der Waals surface area contributed by atoms with Gasteiger partial charge in [-0.2, -0.15) is 13.2 Å². The van der Waals surface area contributed by atoms with E-state index in [1.807, 2.05) is 0 Å². The predicted octanol–water partition coefficient (Wildman–Crippen LogP) is 2.09. The monoisotopic (exact) mass is 346 g/mol. The average molecular weight is 346 g/mol. The Balaban J connectivity index is 1.63. The van der Waals surface area contributed by atoms with Gasteiger partial charge in [-0.3, -0.25) is 0 Å². The third-order valence-electron chi connectivity index (χ3n) is 4.01. The number of rotatable bonds is 2. The van der Waals surface area contributed by atoms with Crippen LogP contribution in [-0.4, -0.2) is 54.1 Å². The van der Waals surface area contributed by atoms with E-state index in [9.17, 15) is 27.2 Å². The summed E-state index contributed by atoms with van der Waals surface area (Å²) in [5.41, 5.74) is -1.75. The van der Waals surface area contributed by atoms with Gasteiger partial charge in [0.25, 0.3) is 0 Å². The smallest absolute Gasteiger partial charge is 0.336 e. The highest BCUT2D eigenvalue weighted by Crippen LogP contribution is 2.35. The summed E-state index contributed by atoms with van der Waals surface area (Å²) in [6.07, 6.45) is -4.78. The number of nitrogens with zero attached hydrogens (tertiary/aromatic N) is 2. The molecule has 24 heavy (non-hydrogen) atoms. The third-order valence-corrected chi connectivity index (χ3v) is 4.01. The molecule has 0 unspecified atom stereocenters. The molecule has 2 fully saturated rings. The van der Waals surface area contributed by atoms with Crippen LogP contribution in [0.1, 0.15) is 5.56 Å². The Labute approximate surface area is 134 Å². The first-order valence-electron chi connectivity index (χ1n) is 7.23. The van der Waals surface area contributed by atoms with Crippen LogP contribution in [-0.2, 0) is 6.18 Å². The van der Waals surface area contributed by atoms with Crippen LogP contribution >= 0.6 is 0 Å². The van der Waals surface area contributed by atoms with E-state index in [0.717, 1.165) is 12.1 Å². The highest BCUT2D eigenvalue weighted by atomic mass is 19.4. The van der Waals surface area contributed by atoms with Crippen LogP contribution in [0.2, 0.25) is 0 Å². The number of halogens is 4. The lowest BCUT2D eigenvalue weighted by atomic mass is 10.1. The minimum absolute atomic E-state index is 0.145. The van der Waals surface area contributed by atoms with Gasteiger partial charge in [0.2, 0.25) is 0 Å². The number of hydrogen-bond acceptors (Lipinski definition) is 2. The van der Waals surface area contributed by atoms with Crippen LogP contribution in [0.5, 0.6) is 0 Å². The lowest BCUT2D eigenvalue weighted by Gasteiger charge is -2.43. The molecule has 2 aliphatic heterocycles. The van der Waals surface area contributed by atoms with Gasteiger partial charge in [0.1, 0.15) is 5.82 Å². The second kappa shape index (κ2) is 5.84. The molecule has 0 radical (unpaired) electrons. The largest absolute Gasteiger partial charge is 0.418 e. The predicted molar refractivity (Wildman–Crippen MR) is 75.9 cm³/mol. The average Bonchev–Trinajstić information content (AvgIpc) is 2.84. The minimum Gasteiger partial charge on any atom is -0.336 e. The summed E-state index contributed by atoms with van der Waals surface area (Å²) in [5, 5.41) is 4.79. The van der Waals surface area contributed by atoms with Crippen LogP contribution in [0.3, 0.4) is 0 Å². The molecule has 0 aromatic heterocycles. The van der Waals surface area contributed by atoms with E-state index < -0.39 is 29.3 Å². The van der Waals surface area contributed by atoms with Crippen molar-refractivity contribution in [2.45, 2.75) is 12.2 Å². The number of amides is 4. The Morgan fingerprint density at radius 2 is 2.00 bits per heavy atom. The Morgan fingerprint density at radius 1 is 1.29 bits per heavy atom. The van der Waals surface area contributed by atoms with Crippen molar-refractivity contribution in [1.29, 1.82) is 0 Å². The van der Waals surface area contributed by atoms with Gasteiger partial charge in [-0.15, -0.1) is 0 Å². The number of hydrogen-bond donors (Lipinski definition) is 2. The lowest BCUT2D eigenvalue weighted by Crippen LogP contribution is -2.62. The van der Waals surface area contributed by atoms with E-state index in [1.54, 1.807) is 4.90 Å². The van der Waals surface area contributed by atoms with Crippen LogP contribution in [0.15, 0.2) is 18.2 Å². The molecule has 0 bridgehead atoms. The molecule has 1 aromatic carbocycles. The fourth-order valence-electron chi connectivity index (χ4n) is 2.71.